The maximum atomic E-state index is 10.7. The lowest BCUT2D eigenvalue weighted by Crippen LogP contribution is -2.47. The molecule has 0 radical (unpaired) electrons. The van der Waals surface area contributed by atoms with E-state index in [9.17, 15) is 4.79 Å². The van der Waals surface area contributed by atoms with Crippen LogP contribution in [0.25, 0.3) is 0 Å². The molecule has 2 aliphatic rings. The van der Waals surface area contributed by atoms with E-state index in [4.69, 9.17) is 5.11 Å². The highest BCUT2D eigenvalue weighted by atomic mass is 16.4. The van der Waals surface area contributed by atoms with Crippen molar-refractivity contribution < 1.29 is 9.90 Å². The second-order valence-electron chi connectivity index (χ2n) is 4.32. The van der Waals surface area contributed by atoms with Crippen molar-refractivity contribution in [3.8, 4) is 0 Å². The van der Waals surface area contributed by atoms with Crippen LogP contribution >= 0.6 is 0 Å². The predicted molar refractivity (Wildman–Crippen MR) is 49.5 cm³/mol. The number of nitrogens with one attached hydrogen (secondary N) is 1. The lowest BCUT2D eigenvalue weighted by atomic mass is 9.76. The first-order valence-electron chi connectivity index (χ1n) is 5.23. The molecule has 1 heterocycles. The molecule has 0 aromatic rings. The molecule has 3 heteroatoms. The summed E-state index contributed by atoms with van der Waals surface area (Å²) in [6.45, 7) is 0.677. The van der Waals surface area contributed by atoms with E-state index < -0.39 is 5.97 Å². The smallest absolute Gasteiger partial charge is 0.307 e. The van der Waals surface area contributed by atoms with E-state index in [1.807, 2.05) is 0 Å². The molecular formula is C10H17NO2. The topological polar surface area (TPSA) is 49.3 Å². The third-order valence-corrected chi connectivity index (χ3v) is 3.52. The Kier molecular flexibility index (Phi) is 2.54. The van der Waals surface area contributed by atoms with Gasteiger partial charge in [0.1, 0.15) is 0 Å². The first-order valence-corrected chi connectivity index (χ1v) is 5.23. The molecule has 3 nitrogen and oxygen atoms in total. The van der Waals surface area contributed by atoms with E-state index in [1.165, 1.54) is 19.3 Å². The SMILES string of the molecule is O=C(O)[C@@H]1CC[C@@H](C2CCC2)NC1. The van der Waals surface area contributed by atoms with E-state index in [2.05, 4.69) is 5.32 Å². The van der Waals surface area contributed by atoms with Crippen molar-refractivity contribution in [1.82, 2.24) is 5.32 Å². The van der Waals surface area contributed by atoms with Gasteiger partial charge < -0.3 is 10.4 Å². The molecule has 1 aliphatic heterocycles. The van der Waals surface area contributed by atoms with Gasteiger partial charge in [0.2, 0.25) is 0 Å². The number of carbonyl (C=O) groups is 1. The monoisotopic (exact) mass is 183 g/mol. The summed E-state index contributed by atoms with van der Waals surface area (Å²) in [5, 5.41) is 12.2. The largest absolute Gasteiger partial charge is 0.481 e. The van der Waals surface area contributed by atoms with E-state index in [0.717, 1.165) is 18.8 Å². The second-order valence-corrected chi connectivity index (χ2v) is 4.32. The Morgan fingerprint density at radius 3 is 2.38 bits per heavy atom. The van der Waals surface area contributed by atoms with E-state index in [1.54, 1.807) is 0 Å². The molecule has 1 saturated heterocycles. The molecule has 1 aliphatic carbocycles. The molecule has 2 rings (SSSR count). The van der Waals surface area contributed by atoms with E-state index in [0.29, 0.717) is 12.6 Å². The van der Waals surface area contributed by atoms with Crippen molar-refractivity contribution in [3.05, 3.63) is 0 Å². The van der Waals surface area contributed by atoms with Crippen molar-refractivity contribution in [1.29, 1.82) is 0 Å². The Balaban J connectivity index is 1.78. The molecule has 74 valence electrons. The van der Waals surface area contributed by atoms with Crippen LogP contribution in [0.3, 0.4) is 0 Å². The van der Waals surface area contributed by atoms with Gasteiger partial charge in [0.25, 0.3) is 0 Å². The van der Waals surface area contributed by atoms with Crippen LogP contribution in [0.2, 0.25) is 0 Å². The van der Waals surface area contributed by atoms with Gasteiger partial charge in [0.15, 0.2) is 0 Å². The third kappa shape index (κ3) is 1.85. The van der Waals surface area contributed by atoms with Crippen LogP contribution in [0, 0.1) is 11.8 Å². The average molecular weight is 183 g/mol. The standard InChI is InChI=1S/C10H17NO2/c12-10(13)8-4-5-9(11-6-8)7-2-1-3-7/h7-9,11H,1-6H2,(H,12,13)/t8-,9+/m1/s1. The zero-order valence-electron chi connectivity index (χ0n) is 7.83. The highest BCUT2D eigenvalue weighted by Crippen LogP contribution is 2.33. The van der Waals surface area contributed by atoms with Crippen molar-refractivity contribution in [3.63, 3.8) is 0 Å². The molecule has 1 saturated carbocycles. The number of aliphatic carboxylic acids is 1. The predicted octanol–water partition coefficient (Wildman–Crippen LogP) is 1.24. The van der Waals surface area contributed by atoms with Crippen LogP contribution in [0.5, 0.6) is 0 Å². The fourth-order valence-corrected chi connectivity index (χ4v) is 2.33. The van der Waals surface area contributed by atoms with Gasteiger partial charge in [-0.05, 0) is 31.6 Å². The van der Waals surface area contributed by atoms with Gasteiger partial charge in [0.05, 0.1) is 5.92 Å². The van der Waals surface area contributed by atoms with Crippen LogP contribution in [0.15, 0.2) is 0 Å². The summed E-state index contributed by atoms with van der Waals surface area (Å²) in [4.78, 5) is 10.7. The minimum atomic E-state index is -0.639. The Morgan fingerprint density at radius 1 is 1.23 bits per heavy atom. The Bertz CT molecular complexity index is 193. The molecule has 0 aromatic carbocycles. The number of hydrogen-bond acceptors (Lipinski definition) is 2. The lowest BCUT2D eigenvalue weighted by molar-refractivity contribution is -0.142. The zero-order chi connectivity index (χ0) is 9.26. The molecule has 13 heavy (non-hydrogen) atoms. The third-order valence-electron chi connectivity index (χ3n) is 3.52. The maximum Gasteiger partial charge on any atom is 0.307 e. The van der Waals surface area contributed by atoms with Crippen molar-refractivity contribution in [2.24, 2.45) is 11.8 Å². The van der Waals surface area contributed by atoms with Gasteiger partial charge in [-0.15, -0.1) is 0 Å². The van der Waals surface area contributed by atoms with Crippen LogP contribution in [0.1, 0.15) is 32.1 Å². The van der Waals surface area contributed by atoms with Crippen LogP contribution in [0.4, 0.5) is 0 Å². The van der Waals surface area contributed by atoms with Gasteiger partial charge >= 0.3 is 5.97 Å². The summed E-state index contributed by atoms with van der Waals surface area (Å²) < 4.78 is 0. The van der Waals surface area contributed by atoms with Crippen LogP contribution in [-0.2, 0) is 4.79 Å². The van der Waals surface area contributed by atoms with E-state index in [-0.39, 0.29) is 5.92 Å². The summed E-state index contributed by atoms with van der Waals surface area (Å²) in [7, 11) is 0. The van der Waals surface area contributed by atoms with Gasteiger partial charge in [-0.25, -0.2) is 0 Å². The summed E-state index contributed by atoms with van der Waals surface area (Å²) >= 11 is 0. The van der Waals surface area contributed by atoms with Crippen molar-refractivity contribution in [2.75, 3.05) is 6.54 Å². The first kappa shape index (κ1) is 9.00. The summed E-state index contributed by atoms with van der Waals surface area (Å²) in [6.07, 6.45) is 5.97. The lowest BCUT2D eigenvalue weighted by Gasteiger charge is -2.38. The number of piperidine rings is 1. The summed E-state index contributed by atoms with van der Waals surface area (Å²) in [5.74, 6) is 0.0608. The van der Waals surface area contributed by atoms with E-state index >= 15 is 0 Å². The fraction of sp³-hybridized carbons (Fsp3) is 0.900. The number of carboxylic acid groups (broad SMARTS) is 1. The maximum absolute atomic E-state index is 10.7. The minimum absolute atomic E-state index is 0.142. The molecular weight excluding hydrogens is 166 g/mol. The Hall–Kier alpha value is -0.570. The number of rotatable bonds is 2. The quantitative estimate of drug-likeness (QED) is 0.677. The fourth-order valence-electron chi connectivity index (χ4n) is 2.33. The minimum Gasteiger partial charge on any atom is -0.481 e. The molecule has 0 bridgehead atoms. The Morgan fingerprint density at radius 2 is 2.00 bits per heavy atom. The second kappa shape index (κ2) is 3.66. The Labute approximate surface area is 78.5 Å². The molecule has 0 aromatic heterocycles. The van der Waals surface area contributed by atoms with Gasteiger partial charge in [-0.3, -0.25) is 4.79 Å². The van der Waals surface area contributed by atoms with Gasteiger partial charge in [-0.2, -0.15) is 0 Å². The number of carboxylic acids is 1. The van der Waals surface area contributed by atoms with Gasteiger partial charge in [-0.1, -0.05) is 6.42 Å². The van der Waals surface area contributed by atoms with Crippen LogP contribution in [-0.4, -0.2) is 23.7 Å². The van der Waals surface area contributed by atoms with Crippen LogP contribution < -0.4 is 5.32 Å². The van der Waals surface area contributed by atoms with Crippen molar-refractivity contribution in [2.45, 2.75) is 38.1 Å². The normalized spacial score (nSPS) is 35.4. The summed E-state index contributed by atoms with van der Waals surface area (Å²) in [5.41, 5.74) is 0. The number of hydrogen-bond donors (Lipinski definition) is 2. The van der Waals surface area contributed by atoms with Gasteiger partial charge in [0, 0.05) is 12.6 Å². The summed E-state index contributed by atoms with van der Waals surface area (Å²) in [6, 6.07) is 0.615. The molecule has 2 atom stereocenters. The molecule has 0 unspecified atom stereocenters. The molecule has 2 fully saturated rings. The average Bonchev–Trinajstić information content (AvgIpc) is 2.02. The molecule has 0 amide bonds. The molecule has 2 N–H and O–H groups in total. The highest BCUT2D eigenvalue weighted by molar-refractivity contribution is 5.70. The first-order chi connectivity index (χ1) is 6.27. The zero-order valence-corrected chi connectivity index (χ0v) is 7.83. The van der Waals surface area contributed by atoms with Crippen molar-refractivity contribution >= 4 is 5.97 Å². The molecule has 0 spiro atoms. The highest BCUT2D eigenvalue weighted by Gasteiger charge is 2.32.